The smallest absolute Gasteiger partial charge is 0.209 e. The number of benzene rings is 6. The van der Waals surface area contributed by atoms with Crippen molar-refractivity contribution < 1.29 is 13.9 Å². The van der Waals surface area contributed by atoms with Gasteiger partial charge in [-0.3, -0.25) is 0 Å². The number of furan rings is 1. The standard InChI is InChI=1S/C38H26O3/c1-3-7-31-23-33(19-13-25(31)5-1)27-9-15-29(16-10-27)35-37-38(40-22-21-39-37)36(41-35)30-17-11-28(12-18-30)34-20-14-26-6-2-4-8-32(26)24-34/h1-20,23-24H,21-22H2. The third-order valence-corrected chi connectivity index (χ3v) is 7.86. The third-order valence-electron chi connectivity index (χ3n) is 7.86. The molecule has 0 spiro atoms. The van der Waals surface area contributed by atoms with Crippen LogP contribution < -0.4 is 9.47 Å². The Balaban J connectivity index is 1.13. The maximum atomic E-state index is 6.50. The van der Waals surface area contributed by atoms with Gasteiger partial charge in [0.1, 0.15) is 13.2 Å². The van der Waals surface area contributed by atoms with Crippen LogP contribution >= 0.6 is 0 Å². The number of rotatable bonds is 4. The fraction of sp³-hybridized carbons (Fsp3) is 0.0526. The molecule has 3 nitrogen and oxygen atoms in total. The zero-order valence-corrected chi connectivity index (χ0v) is 22.3. The molecule has 0 saturated heterocycles. The minimum Gasteiger partial charge on any atom is -0.483 e. The van der Waals surface area contributed by atoms with Gasteiger partial charge in [0.2, 0.25) is 11.5 Å². The second-order valence-corrected chi connectivity index (χ2v) is 10.4. The highest BCUT2D eigenvalue weighted by atomic mass is 16.6. The summed E-state index contributed by atoms with van der Waals surface area (Å²) in [6.45, 7) is 0.990. The summed E-state index contributed by atoms with van der Waals surface area (Å²) < 4.78 is 18.7. The monoisotopic (exact) mass is 530 g/mol. The minimum atomic E-state index is 0.495. The van der Waals surface area contributed by atoms with Crippen molar-refractivity contribution in [1.82, 2.24) is 0 Å². The second-order valence-electron chi connectivity index (χ2n) is 10.4. The highest BCUT2D eigenvalue weighted by Gasteiger charge is 2.28. The summed E-state index contributed by atoms with van der Waals surface area (Å²) in [5, 5.41) is 4.95. The van der Waals surface area contributed by atoms with Crippen LogP contribution in [0.4, 0.5) is 0 Å². The molecule has 41 heavy (non-hydrogen) atoms. The first kappa shape index (κ1) is 23.6. The second kappa shape index (κ2) is 9.72. The van der Waals surface area contributed by atoms with Gasteiger partial charge in [-0.1, -0.05) is 121 Å². The number of hydrogen-bond donors (Lipinski definition) is 0. The molecule has 0 radical (unpaired) electrons. The van der Waals surface area contributed by atoms with Gasteiger partial charge in [0.25, 0.3) is 0 Å². The van der Waals surface area contributed by atoms with E-state index in [2.05, 4.69) is 133 Å². The summed E-state index contributed by atoms with van der Waals surface area (Å²) in [7, 11) is 0. The van der Waals surface area contributed by atoms with Crippen molar-refractivity contribution >= 4 is 21.5 Å². The summed E-state index contributed by atoms with van der Waals surface area (Å²) in [4.78, 5) is 0. The van der Waals surface area contributed by atoms with Crippen LogP contribution in [0, 0.1) is 0 Å². The molecule has 8 rings (SSSR count). The predicted octanol–water partition coefficient (Wildman–Crippen LogP) is 10.0. The summed E-state index contributed by atoms with van der Waals surface area (Å²) in [5.74, 6) is 2.73. The number of hydrogen-bond acceptors (Lipinski definition) is 3. The average molecular weight is 531 g/mol. The van der Waals surface area contributed by atoms with E-state index in [1.54, 1.807) is 0 Å². The van der Waals surface area contributed by atoms with Crippen molar-refractivity contribution in [2.24, 2.45) is 0 Å². The van der Waals surface area contributed by atoms with Crippen molar-refractivity contribution in [3.05, 3.63) is 133 Å². The summed E-state index contributed by atoms with van der Waals surface area (Å²) >= 11 is 0. The molecule has 3 heteroatoms. The number of ether oxygens (including phenoxy) is 2. The molecule has 2 heterocycles. The first-order valence-corrected chi connectivity index (χ1v) is 13.9. The van der Waals surface area contributed by atoms with E-state index in [9.17, 15) is 0 Å². The Kier molecular flexibility index (Phi) is 5.60. The highest BCUT2D eigenvalue weighted by Crippen LogP contribution is 2.50. The molecule has 0 aliphatic carbocycles. The third kappa shape index (κ3) is 4.23. The fourth-order valence-corrected chi connectivity index (χ4v) is 5.70. The Bertz CT molecular complexity index is 1880. The van der Waals surface area contributed by atoms with Gasteiger partial charge in [0.15, 0.2) is 11.5 Å². The van der Waals surface area contributed by atoms with Crippen LogP contribution in [0.1, 0.15) is 0 Å². The lowest BCUT2D eigenvalue weighted by Crippen LogP contribution is -2.14. The maximum Gasteiger partial charge on any atom is 0.209 e. The van der Waals surface area contributed by atoms with E-state index in [4.69, 9.17) is 13.9 Å². The molecule has 1 aliphatic heterocycles. The fourth-order valence-electron chi connectivity index (χ4n) is 5.70. The van der Waals surface area contributed by atoms with Crippen molar-refractivity contribution in [2.75, 3.05) is 13.2 Å². The van der Waals surface area contributed by atoms with E-state index >= 15 is 0 Å². The Labute approximate surface area is 238 Å². The lowest BCUT2D eigenvalue weighted by molar-refractivity contribution is 0.175. The zero-order valence-electron chi connectivity index (χ0n) is 22.3. The minimum absolute atomic E-state index is 0.495. The van der Waals surface area contributed by atoms with Gasteiger partial charge in [0.05, 0.1) is 0 Å². The Hall–Kier alpha value is -5.28. The predicted molar refractivity (Wildman–Crippen MR) is 166 cm³/mol. The lowest BCUT2D eigenvalue weighted by Gasteiger charge is -2.16. The summed E-state index contributed by atoms with van der Waals surface area (Å²) in [5.41, 5.74) is 6.58. The summed E-state index contributed by atoms with van der Waals surface area (Å²) in [6.07, 6.45) is 0. The van der Waals surface area contributed by atoms with Crippen LogP contribution in [0.25, 0.3) is 66.4 Å². The quantitative estimate of drug-likeness (QED) is 0.227. The SMILES string of the molecule is c1ccc2cc(-c3ccc(-c4oc(-c5ccc(-c6ccc7ccccc7c6)cc5)c5c4OCCO5)cc3)ccc2c1. The Morgan fingerprint density at radius 3 is 1.15 bits per heavy atom. The first-order valence-electron chi connectivity index (χ1n) is 13.9. The molecule has 0 bridgehead atoms. The molecule has 0 N–H and O–H groups in total. The molecular formula is C38H26O3. The van der Waals surface area contributed by atoms with Gasteiger partial charge in [-0.15, -0.1) is 0 Å². The van der Waals surface area contributed by atoms with E-state index in [1.807, 2.05) is 0 Å². The molecule has 7 aromatic rings. The molecule has 6 aromatic carbocycles. The van der Waals surface area contributed by atoms with Crippen molar-refractivity contribution in [1.29, 1.82) is 0 Å². The highest BCUT2D eigenvalue weighted by molar-refractivity contribution is 5.89. The molecule has 0 amide bonds. The lowest BCUT2D eigenvalue weighted by atomic mass is 9.99. The van der Waals surface area contributed by atoms with Gasteiger partial charge < -0.3 is 13.9 Å². The van der Waals surface area contributed by atoms with Crippen LogP contribution in [0.5, 0.6) is 11.5 Å². The molecule has 0 unspecified atom stereocenters. The Morgan fingerprint density at radius 1 is 0.341 bits per heavy atom. The number of fused-ring (bicyclic) bond motifs is 3. The maximum absolute atomic E-state index is 6.50. The molecule has 0 saturated carbocycles. The van der Waals surface area contributed by atoms with Crippen LogP contribution in [0.15, 0.2) is 138 Å². The van der Waals surface area contributed by atoms with Crippen molar-refractivity contribution in [3.8, 4) is 56.4 Å². The van der Waals surface area contributed by atoms with E-state index in [0.29, 0.717) is 36.2 Å². The van der Waals surface area contributed by atoms with Crippen LogP contribution in [0.2, 0.25) is 0 Å². The normalized spacial score (nSPS) is 12.6. The van der Waals surface area contributed by atoms with Crippen LogP contribution in [-0.2, 0) is 0 Å². The van der Waals surface area contributed by atoms with Gasteiger partial charge in [-0.05, 0) is 55.9 Å². The molecule has 196 valence electrons. The molecule has 0 atom stereocenters. The molecular weight excluding hydrogens is 504 g/mol. The Morgan fingerprint density at radius 2 is 0.707 bits per heavy atom. The topological polar surface area (TPSA) is 31.6 Å². The van der Waals surface area contributed by atoms with Gasteiger partial charge >= 0.3 is 0 Å². The van der Waals surface area contributed by atoms with Crippen molar-refractivity contribution in [3.63, 3.8) is 0 Å². The van der Waals surface area contributed by atoms with E-state index in [1.165, 1.54) is 32.7 Å². The molecule has 1 aliphatic rings. The van der Waals surface area contributed by atoms with Crippen LogP contribution in [0.3, 0.4) is 0 Å². The van der Waals surface area contributed by atoms with E-state index < -0.39 is 0 Å². The largest absolute Gasteiger partial charge is 0.483 e. The van der Waals surface area contributed by atoms with Gasteiger partial charge in [-0.2, -0.15) is 0 Å². The zero-order chi connectivity index (χ0) is 27.2. The summed E-state index contributed by atoms with van der Waals surface area (Å²) in [6, 6.07) is 46.9. The molecule has 0 fully saturated rings. The molecule has 1 aromatic heterocycles. The van der Waals surface area contributed by atoms with Crippen molar-refractivity contribution in [2.45, 2.75) is 0 Å². The average Bonchev–Trinajstić information content (AvgIpc) is 3.44. The van der Waals surface area contributed by atoms with E-state index in [0.717, 1.165) is 22.3 Å². The van der Waals surface area contributed by atoms with Gasteiger partial charge in [0, 0.05) is 11.1 Å². The van der Waals surface area contributed by atoms with E-state index in [-0.39, 0.29) is 0 Å². The van der Waals surface area contributed by atoms with Crippen LogP contribution in [-0.4, -0.2) is 13.2 Å². The first-order chi connectivity index (χ1) is 20.3. The van der Waals surface area contributed by atoms with Gasteiger partial charge in [-0.25, -0.2) is 0 Å².